The summed E-state index contributed by atoms with van der Waals surface area (Å²) in [7, 11) is -3.27. The van der Waals surface area contributed by atoms with Gasteiger partial charge in [-0.15, -0.1) is 0 Å². The topological polar surface area (TPSA) is 95.1 Å². The van der Waals surface area contributed by atoms with Crippen molar-refractivity contribution in [1.29, 1.82) is 0 Å². The summed E-state index contributed by atoms with van der Waals surface area (Å²) in [6.07, 6.45) is 0. The van der Waals surface area contributed by atoms with Gasteiger partial charge in [0.25, 0.3) is 5.56 Å². The van der Waals surface area contributed by atoms with E-state index in [-0.39, 0.29) is 23.7 Å². The molecule has 0 amide bonds. The van der Waals surface area contributed by atoms with Crippen LogP contribution in [0.15, 0.2) is 16.9 Å². The number of sulfone groups is 1. The standard InChI is InChI=1S/C10H17N3O3S/c1-10(2,3)17(15,16)7-6-13-9(14)5-4-8(11)12-13/h4-5H,6-7H2,1-3H3,(H2,11,12). The molecule has 0 spiro atoms. The smallest absolute Gasteiger partial charge is 0.266 e. The van der Waals surface area contributed by atoms with Gasteiger partial charge in [0.1, 0.15) is 5.82 Å². The molecule has 1 aromatic rings. The second-order valence-electron chi connectivity index (χ2n) is 4.75. The molecule has 6 nitrogen and oxygen atoms in total. The van der Waals surface area contributed by atoms with Crippen LogP contribution in [0.2, 0.25) is 0 Å². The molecule has 0 bridgehead atoms. The Labute approximate surface area is 100 Å². The molecule has 2 N–H and O–H groups in total. The van der Waals surface area contributed by atoms with Crippen LogP contribution < -0.4 is 11.3 Å². The third-order valence-corrected chi connectivity index (χ3v) is 4.98. The molecule has 0 radical (unpaired) electrons. The van der Waals surface area contributed by atoms with Gasteiger partial charge < -0.3 is 5.73 Å². The Morgan fingerprint density at radius 3 is 2.47 bits per heavy atom. The van der Waals surface area contributed by atoms with E-state index in [1.165, 1.54) is 12.1 Å². The van der Waals surface area contributed by atoms with E-state index >= 15 is 0 Å². The van der Waals surface area contributed by atoms with Gasteiger partial charge in [-0.1, -0.05) is 0 Å². The van der Waals surface area contributed by atoms with Crippen molar-refractivity contribution in [3.05, 3.63) is 22.5 Å². The molecular formula is C10H17N3O3S. The van der Waals surface area contributed by atoms with Crippen molar-refractivity contribution < 1.29 is 8.42 Å². The van der Waals surface area contributed by atoms with Crippen LogP contribution in [-0.2, 0) is 16.4 Å². The summed E-state index contributed by atoms with van der Waals surface area (Å²) >= 11 is 0. The van der Waals surface area contributed by atoms with Gasteiger partial charge in [-0.05, 0) is 26.8 Å². The lowest BCUT2D eigenvalue weighted by Crippen LogP contribution is -2.34. The lowest BCUT2D eigenvalue weighted by Gasteiger charge is -2.19. The highest BCUT2D eigenvalue weighted by atomic mass is 32.2. The Morgan fingerprint density at radius 1 is 1.35 bits per heavy atom. The SMILES string of the molecule is CC(C)(C)S(=O)(=O)CCn1nc(N)ccc1=O. The number of nitrogens with two attached hydrogens (primary N) is 1. The highest BCUT2D eigenvalue weighted by molar-refractivity contribution is 7.92. The second kappa shape index (κ2) is 4.48. The minimum Gasteiger partial charge on any atom is -0.382 e. The highest BCUT2D eigenvalue weighted by Gasteiger charge is 2.28. The third kappa shape index (κ3) is 3.29. The molecule has 0 aliphatic heterocycles. The van der Waals surface area contributed by atoms with E-state index in [0.717, 1.165) is 4.68 Å². The average Bonchev–Trinajstić information content (AvgIpc) is 2.18. The second-order valence-corrected chi connectivity index (χ2v) is 7.61. The zero-order chi connectivity index (χ0) is 13.3. The first-order chi connectivity index (χ1) is 7.63. The molecule has 0 aliphatic carbocycles. The maximum atomic E-state index is 11.8. The number of aromatic nitrogens is 2. The number of anilines is 1. The Kier molecular flexibility index (Phi) is 3.61. The molecule has 0 unspecified atom stereocenters. The fraction of sp³-hybridized carbons (Fsp3) is 0.600. The monoisotopic (exact) mass is 259 g/mol. The number of rotatable bonds is 3. The molecule has 0 aromatic carbocycles. The van der Waals surface area contributed by atoms with Gasteiger partial charge in [-0.25, -0.2) is 13.1 Å². The Balaban J connectivity index is 2.89. The fourth-order valence-corrected chi connectivity index (χ4v) is 2.16. The van der Waals surface area contributed by atoms with E-state index in [1.54, 1.807) is 20.8 Å². The summed E-state index contributed by atoms with van der Waals surface area (Å²) in [5.41, 5.74) is 5.07. The van der Waals surface area contributed by atoms with Gasteiger partial charge in [-0.3, -0.25) is 4.79 Å². The summed E-state index contributed by atoms with van der Waals surface area (Å²) in [6.45, 7) is 4.89. The first-order valence-corrected chi connectivity index (χ1v) is 6.85. The molecule has 1 aromatic heterocycles. The third-order valence-electron chi connectivity index (χ3n) is 2.39. The van der Waals surface area contributed by atoms with Crippen LogP contribution in [0.25, 0.3) is 0 Å². The number of nitrogens with zero attached hydrogens (tertiary/aromatic N) is 2. The van der Waals surface area contributed by atoms with Gasteiger partial charge in [0.15, 0.2) is 9.84 Å². The molecule has 0 fully saturated rings. The Bertz CT molecular complexity index is 555. The molecule has 96 valence electrons. The van der Waals surface area contributed by atoms with Crippen LogP contribution >= 0.6 is 0 Å². The lowest BCUT2D eigenvalue weighted by molar-refractivity contribution is 0.543. The first-order valence-electron chi connectivity index (χ1n) is 5.19. The van der Waals surface area contributed by atoms with Gasteiger partial charge in [-0.2, -0.15) is 5.10 Å². The maximum Gasteiger partial charge on any atom is 0.266 e. The van der Waals surface area contributed by atoms with Crippen LogP contribution in [0.5, 0.6) is 0 Å². The van der Waals surface area contributed by atoms with Crippen molar-refractivity contribution in [3.8, 4) is 0 Å². The maximum absolute atomic E-state index is 11.8. The Morgan fingerprint density at radius 2 is 1.94 bits per heavy atom. The van der Waals surface area contributed by atoms with E-state index in [2.05, 4.69) is 5.10 Å². The van der Waals surface area contributed by atoms with Crippen molar-refractivity contribution in [3.63, 3.8) is 0 Å². The normalized spacial score (nSPS) is 12.6. The minimum atomic E-state index is -3.27. The van der Waals surface area contributed by atoms with E-state index in [4.69, 9.17) is 5.73 Å². The number of hydrogen-bond donors (Lipinski definition) is 1. The van der Waals surface area contributed by atoms with Crippen LogP contribution in [0, 0.1) is 0 Å². The van der Waals surface area contributed by atoms with E-state index in [0.29, 0.717) is 0 Å². The van der Waals surface area contributed by atoms with Crippen molar-refractivity contribution in [1.82, 2.24) is 9.78 Å². The minimum absolute atomic E-state index is 0.0173. The van der Waals surface area contributed by atoms with Crippen LogP contribution in [0.1, 0.15) is 20.8 Å². The van der Waals surface area contributed by atoms with Crippen LogP contribution in [-0.4, -0.2) is 28.7 Å². The number of hydrogen-bond acceptors (Lipinski definition) is 5. The fourth-order valence-electron chi connectivity index (χ4n) is 1.14. The molecule has 0 saturated carbocycles. The highest BCUT2D eigenvalue weighted by Crippen LogP contribution is 2.15. The largest absolute Gasteiger partial charge is 0.382 e. The van der Waals surface area contributed by atoms with Gasteiger partial charge in [0, 0.05) is 6.07 Å². The van der Waals surface area contributed by atoms with E-state index in [9.17, 15) is 13.2 Å². The molecular weight excluding hydrogens is 242 g/mol. The summed E-state index contributed by atoms with van der Waals surface area (Å²) in [5, 5.41) is 3.78. The predicted octanol–water partition coefficient (Wildman–Crippen LogP) is 0.0388. The van der Waals surface area contributed by atoms with Crippen molar-refractivity contribution in [2.75, 3.05) is 11.5 Å². The first kappa shape index (κ1) is 13.7. The van der Waals surface area contributed by atoms with Crippen molar-refractivity contribution >= 4 is 15.7 Å². The van der Waals surface area contributed by atoms with Crippen LogP contribution in [0.4, 0.5) is 5.82 Å². The molecule has 1 heterocycles. The molecule has 17 heavy (non-hydrogen) atoms. The molecule has 0 atom stereocenters. The van der Waals surface area contributed by atoms with Gasteiger partial charge >= 0.3 is 0 Å². The zero-order valence-corrected chi connectivity index (χ0v) is 11.0. The average molecular weight is 259 g/mol. The van der Waals surface area contributed by atoms with Gasteiger partial charge in [0.2, 0.25) is 0 Å². The van der Waals surface area contributed by atoms with E-state index in [1.807, 2.05) is 0 Å². The summed E-state index contributed by atoms with van der Waals surface area (Å²) in [5.74, 6) is 0.0603. The summed E-state index contributed by atoms with van der Waals surface area (Å²) < 4.78 is 23.9. The predicted molar refractivity (Wildman–Crippen MR) is 66.4 cm³/mol. The summed E-state index contributed by atoms with van der Waals surface area (Å²) in [6, 6.07) is 2.66. The quantitative estimate of drug-likeness (QED) is 0.826. The number of aryl methyl sites for hydroxylation is 1. The Hall–Kier alpha value is -1.37. The molecule has 1 rings (SSSR count). The van der Waals surface area contributed by atoms with Gasteiger partial charge in [0.05, 0.1) is 17.0 Å². The summed E-state index contributed by atoms with van der Waals surface area (Å²) in [4.78, 5) is 11.4. The number of nitrogen functional groups attached to an aromatic ring is 1. The molecule has 7 heteroatoms. The molecule has 0 aliphatic rings. The van der Waals surface area contributed by atoms with Crippen molar-refractivity contribution in [2.24, 2.45) is 0 Å². The van der Waals surface area contributed by atoms with Crippen molar-refractivity contribution in [2.45, 2.75) is 32.1 Å². The lowest BCUT2D eigenvalue weighted by atomic mass is 10.3. The van der Waals surface area contributed by atoms with Crippen LogP contribution in [0.3, 0.4) is 0 Å². The molecule has 0 saturated heterocycles. The van der Waals surface area contributed by atoms with E-state index < -0.39 is 14.6 Å². The zero-order valence-electron chi connectivity index (χ0n) is 10.2.